The summed E-state index contributed by atoms with van der Waals surface area (Å²) in [5.41, 5.74) is 1.75. The Hall–Kier alpha value is -1.76. The molecule has 168 valence electrons. The summed E-state index contributed by atoms with van der Waals surface area (Å²) in [5, 5.41) is 3.49. The molecule has 1 unspecified atom stereocenters. The lowest BCUT2D eigenvalue weighted by atomic mass is 10.0. The maximum Gasteiger partial charge on any atom is 0.261 e. The van der Waals surface area contributed by atoms with E-state index in [0.717, 1.165) is 10.0 Å². The summed E-state index contributed by atoms with van der Waals surface area (Å²) < 4.78 is 6.55. The number of carbonyl (C=O) groups excluding carboxylic acids is 2. The van der Waals surface area contributed by atoms with E-state index in [-0.39, 0.29) is 25.0 Å². The molecule has 2 aromatic carbocycles. The van der Waals surface area contributed by atoms with Gasteiger partial charge in [0.1, 0.15) is 11.8 Å². The van der Waals surface area contributed by atoms with Crippen molar-refractivity contribution < 1.29 is 14.3 Å². The minimum Gasteiger partial charge on any atom is -0.483 e. The Labute approximate surface area is 202 Å². The van der Waals surface area contributed by atoms with Crippen LogP contribution in [-0.4, -0.2) is 36.4 Å². The average molecular weight is 530 g/mol. The van der Waals surface area contributed by atoms with Crippen LogP contribution in [0, 0.1) is 0 Å². The number of carbonyl (C=O) groups is 2. The first-order valence-corrected chi connectivity index (χ1v) is 11.6. The second kappa shape index (κ2) is 11.7. The fourth-order valence-corrected chi connectivity index (χ4v) is 4.18. The normalized spacial score (nSPS) is 11.9. The topological polar surface area (TPSA) is 58.6 Å². The molecule has 2 aromatic rings. The Balaban J connectivity index is 2.26. The molecule has 1 N–H and O–H groups in total. The van der Waals surface area contributed by atoms with Crippen molar-refractivity contribution in [3.05, 3.63) is 62.0 Å². The van der Waals surface area contributed by atoms with Crippen molar-refractivity contribution in [1.29, 1.82) is 0 Å². The van der Waals surface area contributed by atoms with Gasteiger partial charge >= 0.3 is 0 Å². The lowest BCUT2D eigenvalue weighted by Gasteiger charge is -2.30. The number of hydrogen-bond donors (Lipinski definition) is 1. The van der Waals surface area contributed by atoms with E-state index in [1.54, 1.807) is 25.2 Å². The monoisotopic (exact) mass is 528 g/mol. The highest BCUT2D eigenvalue weighted by atomic mass is 79.9. The first-order chi connectivity index (χ1) is 14.7. The van der Waals surface area contributed by atoms with Crippen molar-refractivity contribution in [2.24, 2.45) is 0 Å². The highest BCUT2D eigenvalue weighted by molar-refractivity contribution is 9.10. The van der Waals surface area contributed by atoms with Crippen LogP contribution in [-0.2, 0) is 16.1 Å². The summed E-state index contributed by atoms with van der Waals surface area (Å²) in [6, 6.07) is 10.2. The third-order valence-corrected chi connectivity index (χ3v) is 6.32. The van der Waals surface area contributed by atoms with Crippen LogP contribution in [0.3, 0.4) is 0 Å². The number of amides is 2. The third kappa shape index (κ3) is 6.61. The number of nitrogens with zero attached hydrogens (tertiary/aromatic N) is 1. The van der Waals surface area contributed by atoms with E-state index in [1.165, 1.54) is 4.90 Å². The number of halogens is 3. The molecule has 0 spiro atoms. The summed E-state index contributed by atoms with van der Waals surface area (Å²) in [7, 11) is 1.54. The minimum atomic E-state index is -0.680. The van der Waals surface area contributed by atoms with E-state index in [1.807, 2.05) is 25.1 Å². The smallest absolute Gasteiger partial charge is 0.261 e. The van der Waals surface area contributed by atoms with Gasteiger partial charge in [-0.25, -0.2) is 0 Å². The molecule has 0 aliphatic rings. The van der Waals surface area contributed by atoms with Gasteiger partial charge in [0.05, 0.1) is 4.47 Å². The van der Waals surface area contributed by atoms with Crippen molar-refractivity contribution >= 4 is 50.9 Å². The van der Waals surface area contributed by atoms with E-state index in [9.17, 15) is 9.59 Å². The number of likely N-dealkylation sites (N-methyl/N-ethyl adjacent to an activating group) is 1. The van der Waals surface area contributed by atoms with Crippen LogP contribution < -0.4 is 10.1 Å². The van der Waals surface area contributed by atoms with Crippen molar-refractivity contribution in [3.8, 4) is 5.75 Å². The van der Waals surface area contributed by atoms with Gasteiger partial charge in [-0.3, -0.25) is 9.59 Å². The molecule has 5 nitrogen and oxygen atoms in total. The van der Waals surface area contributed by atoms with Crippen molar-refractivity contribution in [2.75, 3.05) is 13.7 Å². The van der Waals surface area contributed by atoms with Crippen LogP contribution in [0.5, 0.6) is 5.75 Å². The average Bonchev–Trinajstić information content (AvgIpc) is 2.74. The lowest BCUT2D eigenvalue weighted by Crippen LogP contribution is -2.49. The first kappa shape index (κ1) is 25.5. The largest absolute Gasteiger partial charge is 0.483 e. The predicted octanol–water partition coefficient (Wildman–Crippen LogP) is 5.81. The van der Waals surface area contributed by atoms with Crippen LogP contribution >= 0.6 is 39.1 Å². The highest BCUT2D eigenvalue weighted by Crippen LogP contribution is 2.30. The number of hydrogen-bond acceptors (Lipinski definition) is 3. The predicted molar refractivity (Wildman–Crippen MR) is 129 cm³/mol. The molecule has 31 heavy (non-hydrogen) atoms. The Morgan fingerprint density at radius 3 is 2.32 bits per heavy atom. The van der Waals surface area contributed by atoms with Gasteiger partial charge < -0.3 is 15.0 Å². The molecule has 0 aliphatic heterocycles. The summed E-state index contributed by atoms with van der Waals surface area (Å²) in [6.07, 6.45) is 0.431. The molecule has 1 atom stereocenters. The van der Waals surface area contributed by atoms with Crippen LogP contribution in [0.2, 0.25) is 10.0 Å². The maximum atomic E-state index is 13.2. The summed E-state index contributed by atoms with van der Waals surface area (Å²) in [5.74, 6) is 0.329. The van der Waals surface area contributed by atoms with Crippen LogP contribution in [0.25, 0.3) is 0 Å². The van der Waals surface area contributed by atoms with Crippen molar-refractivity contribution in [1.82, 2.24) is 10.2 Å². The summed E-state index contributed by atoms with van der Waals surface area (Å²) >= 11 is 16.1. The molecule has 0 saturated heterocycles. The Morgan fingerprint density at radius 2 is 1.81 bits per heavy atom. The quantitative estimate of drug-likeness (QED) is 0.445. The van der Waals surface area contributed by atoms with E-state index in [4.69, 9.17) is 27.9 Å². The molecule has 2 amide bonds. The zero-order chi connectivity index (χ0) is 23.1. The minimum absolute atomic E-state index is 0.0973. The summed E-state index contributed by atoms with van der Waals surface area (Å²) in [4.78, 5) is 27.1. The highest BCUT2D eigenvalue weighted by Gasteiger charge is 2.29. The third-order valence-electron chi connectivity index (χ3n) is 5.00. The van der Waals surface area contributed by atoms with E-state index >= 15 is 0 Å². The Morgan fingerprint density at radius 1 is 1.16 bits per heavy atom. The van der Waals surface area contributed by atoms with Crippen LogP contribution in [0.4, 0.5) is 0 Å². The number of nitrogens with one attached hydrogen (secondary N) is 1. The molecule has 8 heteroatoms. The zero-order valence-electron chi connectivity index (χ0n) is 18.0. The van der Waals surface area contributed by atoms with Crippen molar-refractivity contribution in [3.63, 3.8) is 0 Å². The van der Waals surface area contributed by atoms with Gasteiger partial charge in [-0.15, -0.1) is 0 Å². The molecule has 0 saturated carbocycles. The number of rotatable bonds is 9. The number of benzene rings is 2. The van der Waals surface area contributed by atoms with Gasteiger partial charge in [-0.1, -0.05) is 56.1 Å². The molecule has 2 rings (SSSR count). The van der Waals surface area contributed by atoms with Gasteiger partial charge in [-0.05, 0) is 58.1 Å². The van der Waals surface area contributed by atoms with Gasteiger partial charge in [-0.2, -0.15) is 0 Å². The second-order valence-corrected chi connectivity index (χ2v) is 9.06. The maximum absolute atomic E-state index is 13.2. The lowest BCUT2D eigenvalue weighted by molar-refractivity contribution is -0.142. The Kier molecular flexibility index (Phi) is 9.66. The van der Waals surface area contributed by atoms with E-state index in [2.05, 4.69) is 35.1 Å². The first-order valence-electron chi connectivity index (χ1n) is 10.1. The molecule has 0 radical (unpaired) electrons. The van der Waals surface area contributed by atoms with Crippen LogP contribution in [0.15, 0.2) is 40.9 Å². The SMILES string of the molecule is CCC(C(=O)NC)N(Cc1c(Cl)cccc1Cl)C(=O)COc1ccc(C(C)C)cc1Br. The van der Waals surface area contributed by atoms with Gasteiger partial charge in [0.25, 0.3) is 5.91 Å². The molecule has 0 bridgehead atoms. The fourth-order valence-electron chi connectivity index (χ4n) is 3.16. The molecular weight excluding hydrogens is 503 g/mol. The van der Waals surface area contributed by atoms with E-state index in [0.29, 0.717) is 33.7 Å². The fraction of sp³-hybridized carbons (Fsp3) is 0.391. The molecule has 0 heterocycles. The van der Waals surface area contributed by atoms with Gasteiger partial charge in [0, 0.05) is 29.2 Å². The second-order valence-electron chi connectivity index (χ2n) is 7.39. The summed E-state index contributed by atoms with van der Waals surface area (Å²) in [6.45, 7) is 5.92. The molecule has 0 fully saturated rings. The van der Waals surface area contributed by atoms with Gasteiger partial charge in [0.15, 0.2) is 6.61 Å². The number of ether oxygens (including phenoxy) is 1. The van der Waals surface area contributed by atoms with Gasteiger partial charge in [0.2, 0.25) is 5.91 Å². The standard InChI is InChI=1S/C23H27BrCl2N2O3/c1-5-20(23(30)27-4)28(12-16-18(25)7-6-8-19(16)26)22(29)13-31-21-10-9-15(14(2)3)11-17(21)24/h6-11,14,20H,5,12-13H2,1-4H3,(H,27,30). The van der Waals surface area contributed by atoms with Crippen LogP contribution in [0.1, 0.15) is 44.2 Å². The van der Waals surface area contributed by atoms with E-state index < -0.39 is 6.04 Å². The molecule has 0 aromatic heterocycles. The molecule has 0 aliphatic carbocycles. The zero-order valence-corrected chi connectivity index (χ0v) is 21.1. The molecular formula is C23H27BrCl2N2O3. The van der Waals surface area contributed by atoms with Crippen molar-refractivity contribution in [2.45, 2.75) is 45.7 Å². The Bertz CT molecular complexity index is 917.